The first-order valence-electron chi connectivity index (χ1n) is 6.63. The van der Waals surface area contributed by atoms with Gasteiger partial charge in [-0.2, -0.15) is 0 Å². The van der Waals surface area contributed by atoms with Crippen LogP contribution in [-0.2, 0) is 9.53 Å². The Kier molecular flexibility index (Phi) is 9.92. The van der Waals surface area contributed by atoms with Crippen LogP contribution in [0.1, 0.15) is 33.1 Å². The topological polar surface area (TPSA) is 84.6 Å². The Bertz CT molecular complexity index is 222. The monoisotopic (exact) mass is 260 g/mol. The molecule has 2 atom stereocenters. The molecule has 0 spiro atoms. The summed E-state index contributed by atoms with van der Waals surface area (Å²) in [5.74, 6) is 0.805. The average Bonchev–Trinajstić information content (AvgIpc) is 2.27. The van der Waals surface area contributed by atoms with Crippen molar-refractivity contribution < 1.29 is 14.6 Å². The van der Waals surface area contributed by atoms with Gasteiger partial charge in [-0.3, -0.25) is 4.79 Å². The van der Waals surface area contributed by atoms with Crippen LogP contribution in [0.4, 0.5) is 0 Å². The fraction of sp³-hybridized carbons (Fsp3) is 0.923. The van der Waals surface area contributed by atoms with Gasteiger partial charge in [0.05, 0.1) is 12.7 Å². The lowest BCUT2D eigenvalue weighted by Gasteiger charge is -2.17. The van der Waals surface area contributed by atoms with Gasteiger partial charge >= 0.3 is 0 Å². The summed E-state index contributed by atoms with van der Waals surface area (Å²) in [5.41, 5.74) is 5.65. The van der Waals surface area contributed by atoms with E-state index in [2.05, 4.69) is 19.2 Å². The molecule has 0 aromatic heterocycles. The number of rotatable bonds is 10. The first-order chi connectivity index (χ1) is 8.49. The number of hydrogen-bond acceptors (Lipinski definition) is 4. The minimum atomic E-state index is -0.517. The lowest BCUT2D eigenvalue weighted by atomic mass is 9.94. The van der Waals surface area contributed by atoms with Crippen LogP contribution in [0.15, 0.2) is 0 Å². The standard InChI is InChI=1S/C13H28N2O3/c1-10(2)6-11(8-14)7-13(17)15-5-4-12(16)9-18-3/h10-12,16H,4-9,14H2,1-3H3,(H,15,17). The van der Waals surface area contributed by atoms with E-state index in [9.17, 15) is 9.90 Å². The molecule has 0 heterocycles. The van der Waals surface area contributed by atoms with Gasteiger partial charge < -0.3 is 20.9 Å². The first kappa shape index (κ1) is 17.4. The largest absolute Gasteiger partial charge is 0.391 e. The molecule has 0 bridgehead atoms. The summed E-state index contributed by atoms with van der Waals surface area (Å²) in [6.45, 7) is 5.57. The van der Waals surface area contributed by atoms with Crippen molar-refractivity contribution in [1.29, 1.82) is 0 Å². The summed E-state index contributed by atoms with van der Waals surface area (Å²) in [5, 5.41) is 12.2. The van der Waals surface area contributed by atoms with Crippen LogP contribution in [0.3, 0.4) is 0 Å². The predicted molar refractivity (Wildman–Crippen MR) is 72.1 cm³/mol. The van der Waals surface area contributed by atoms with Crippen LogP contribution in [-0.4, -0.2) is 43.9 Å². The second-order valence-corrected chi connectivity index (χ2v) is 5.18. The first-order valence-corrected chi connectivity index (χ1v) is 6.63. The smallest absolute Gasteiger partial charge is 0.220 e. The molecule has 1 amide bonds. The van der Waals surface area contributed by atoms with Gasteiger partial charge in [0.15, 0.2) is 0 Å². The SMILES string of the molecule is COCC(O)CCNC(=O)CC(CN)CC(C)C. The molecule has 0 aromatic carbocycles. The number of aliphatic hydroxyl groups excluding tert-OH is 1. The zero-order chi connectivity index (χ0) is 14.0. The summed E-state index contributed by atoms with van der Waals surface area (Å²) in [6, 6.07) is 0. The molecule has 0 aliphatic rings. The zero-order valence-electron chi connectivity index (χ0n) is 11.8. The molecule has 0 saturated heterocycles. The number of methoxy groups -OCH3 is 1. The van der Waals surface area contributed by atoms with E-state index in [-0.39, 0.29) is 11.8 Å². The average molecular weight is 260 g/mol. The molecular formula is C13H28N2O3. The Labute approximate surface area is 110 Å². The number of hydrogen-bond donors (Lipinski definition) is 3. The number of aliphatic hydroxyl groups is 1. The summed E-state index contributed by atoms with van der Waals surface area (Å²) < 4.78 is 4.81. The molecule has 0 aliphatic carbocycles. The fourth-order valence-corrected chi connectivity index (χ4v) is 1.92. The second-order valence-electron chi connectivity index (χ2n) is 5.18. The zero-order valence-corrected chi connectivity index (χ0v) is 11.8. The Morgan fingerprint density at radius 2 is 2.11 bits per heavy atom. The molecule has 0 fully saturated rings. The number of carbonyl (C=O) groups excluding carboxylic acids is 1. The van der Waals surface area contributed by atoms with Crippen LogP contribution < -0.4 is 11.1 Å². The number of nitrogens with one attached hydrogen (secondary N) is 1. The summed E-state index contributed by atoms with van der Waals surface area (Å²) in [4.78, 5) is 11.7. The van der Waals surface area contributed by atoms with Gasteiger partial charge in [0, 0.05) is 20.1 Å². The number of amides is 1. The molecule has 2 unspecified atom stereocenters. The molecule has 4 N–H and O–H groups in total. The highest BCUT2D eigenvalue weighted by atomic mass is 16.5. The van der Waals surface area contributed by atoms with E-state index in [1.807, 2.05) is 0 Å². The molecule has 0 aromatic rings. The molecule has 18 heavy (non-hydrogen) atoms. The minimum Gasteiger partial charge on any atom is -0.391 e. The van der Waals surface area contributed by atoms with Crippen molar-refractivity contribution in [3.8, 4) is 0 Å². The Balaban J connectivity index is 3.75. The van der Waals surface area contributed by atoms with Crippen LogP contribution in [0.25, 0.3) is 0 Å². The molecule has 0 radical (unpaired) electrons. The van der Waals surface area contributed by atoms with E-state index in [0.29, 0.717) is 38.5 Å². The summed E-state index contributed by atoms with van der Waals surface area (Å²) >= 11 is 0. The van der Waals surface area contributed by atoms with Gasteiger partial charge in [-0.05, 0) is 31.2 Å². The molecule has 0 aliphatic heterocycles. The Morgan fingerprint density at radius 3 is 2.61 bits per heavy atom. The van der Waals surface area contributed by atoms with Crippen molar-refractivity contribution in [3.05, 3.63) is 0 Å². The van der Waals surface area contributed by atoms with Gasteiger partial charge in [0.2, 0.25) is 5.91 Å². The molecule has 5 heteroatoms. The lowest BCUT2D eigenvalue weighted by Crippen LogP contribution is -2.31. The second kappa shape index (κ2) is 10.3. The van der Waals surface area contributed by atoms with Gasteiger partial charge in [-0.25, -0.2) is 0 Å². The van der Waals surface area contributed by atoms with Crippen LogP contribution >= 0.6 is 0 Å². The van der Waals surface area contributed by atoms with Crippen LogP contribution in [0, 0.1) is 11.8 Å². The quantitative estimate of drug-likeness (QED) is 0.534. The highest BCUT2D eigenvalue weighted by molar-refractivity contribution is 5.76. The van der Waals surface area contributed by atoms with Crippen molar-refractivity contribution in [3.63, 3.8) is 0 Å². The highest BCUT2D eigenvalue weighted by Gasteiger charge is 2.14. The van der Waals surface area contributed by atoms with E-state index in [1.54, 1.807) is 7.11 Å². The lowest BCUT2D eigenvalue weighted by molar-refractivity contribution is -0.122. The van der Waals surface area contributed by atoms with E-state index < -0.39 is 6.10 Å². The van der Waals surface area contributed by atoms with Crippen molar-refractivity contribution in [2.75, 3.05) is 26.8 Å². The van der Waals surface area contributed by atoms with E-state index in [0.717, 1.165) is 6.42 Å². The third-order valence-electron chi connectivity index (χ3n) is 2.77. The number of nitrogens with two attached hydrogens (primary N) is 1. The maximum absolute atomic E-state index is 11.7. The molecular weight excluding hydrogens is 232 g/mol. The predicted octanol–water partition coefficient (Wildman–Crippen LogP) is 0.511. The van der Waals surface area contributed by atoms with Gasteiger partial charge in [-0.15, -0.1) is 0 Å². The Hall–Kier alpha value is -0.650. The molecule has 0 saturated carbocycles. The molecule has 108 valence electrons. The van der Waals surface area contributed by atoms with Gasteiger partial charge in [-0.1, -0.05) is 13.8 Å². The van der Waals surface area contributed by atoms with Gasteiger partial charge in [0.25, 0.3) is 0 Å². The molecule has 5 nitrogen and oxygen atoms in total. The van der Waals surface area contributed by atoms with Crippen molar-refractivity contribution in [2.24, 2.45) is 17.6 Å². The minimum absolute atomic E-state index is 0.00992. The van der Waals surface area contributed by atoms with Crippen molar-refractivity contribution in [1.82, 2.24) is 5.32 Å². The van der Waals surface area contributed by atoms with E-state index in [1.165, 1.54) is 0 Å². The fourth-order valence-electron chi connectivity index (χ4n) is 1.92. The van der Waals surface area contributed by atoms with E-state index in [4.69, 9.17) is 10.5 Å². The maximum Gasteiger partial charge on any atom is 0.220 e. The number of carbonyl (C=O) groups is 1. The summed E-state index contributed by atoms with van der Waals surface area (Å²) in [7, 11) is 1.54. The summed E-state index contributed by atoms with van der Waals surface area (Å²) in [6.07, 6.45) is 1.43. The van der Waals surface area contributed by atoms with Crippen LogP contribution in [0.5, 0.6) is 0 Å². The third-order valence-corrected chi connectivity index (χ3v) is 2.77. The van der Waals surface area contributed by atoms with E-state index >= 15 is 0 Å². The van der Waals surface area contributed by atoms with Crippen molar-refractivity contribution in [2.45, 2.75) is 39.2 Å². The Morgan fingerprint density at radius 1 is 1.44 bits per heavy atom. The maximum atomic E-state index is 11.7. The normalized spacial score (nSPS) is 14.6. The van der Waals surface area contributed by atoms with Crippen molar-refractivity contribution >= 4 is 5.91 Å². The van der Waals surface area contributed by atoms with Gasteiger partial charge in [0.1, 0.15) is 0 Å². The highest BCUT2D eigenvalue weighted by Crippen LogP contribution is 2.13. The van der Waals surface area contributed by atoms with Crippen LogP contribution in [0.2, 0.25) is 0 Å². The molecule has 0 rings (SSSR count). The number of ether oxygens (including phenoxy) is 1. The third kappa shape index (κ3) is 9.39.